The van der Waals surface area contributed by atoms with E-state index in [1.54, 1.807) is 0 Å². The van der Waals surface area contributed by atoms with Gasteiger partial charge in [0.05, 0.1) is 0 Å². The summed E-state index contributed by atoms with van der Waals surface area (Å²) in [5.74, 6) is 0.939. The Labute approximate surface area is 122 Å². The van der Waals surface area contributed by atoms with Crippen LogP contribution in [0.15, 0.2) is 27.8 Å². The molecule has 0 bridgehead atoms. The first-order valence-electron chi connectivity index (χ1n) is 6.68. The smallest absolute Gasteiger partial charge is 0.172 e. The molecule has 5 heteroatoms. The lowest BCUT2D eigenvalue weighted by Gasteiger charge is -2.34. The summed E-state index contributed by atoms with van der Waals surface area (Å²) in [6, 6.07) is 5.83. The fourth-order valence-corrected chi connectivity index (χ4v) is 2.77. The van der Waals surface area contributed by atoms with Crippen LogP contribution in [0.25, 0.3) is 0 Å². The number of nitrogens with two attached hydrogens (primary N) is 1. The van der Waals surface area contributed by atoms with Crippen molar-refractivity contribution in [2.45, 2.75) is 26.2 Å². The van der Waals surface area contributed by atoms with E-state index in [1.807, 2.05) is 18.2 Å². The van der Waals surface area contributed by atoms with Crippen LogP contribution in [0.3, 0.4) is 0 Å². The third kappa shape index (κ3) is 3.21. The minimum absolute atomic E-state index is 0.162. The predicted molar refractivity (Wildman–Crippen MR) is 81.9 cm³/mol. The predicted octanol–water partition coefficient (Wildman–Crippen LogP) is 3.17. The summed E-state index contributed by atoms with van der Waals surface area (Å²) < 4.78 is 1.00. The van der Waals surface area contributed by atoms with Gasteiger partial charge in [0.15, 0.2) is 5.84 Å². The Bertz CT molecular complexity index is 472. The standard InChI is InChI=1S/C14H20BrN3O/c1-2-18(9-10-4-3-5-10)13-8-11(15)6-7-12(13)14(16)17-19/h6-8,10,19H,2-5,9H2,1H3,(H2,16,17). The quantitative estimate of drug-likeness (QED) is 0.378. The number of nitrogens with zero attached hydrogens (tertiary/aromatic N) is 2. The summed E-state index contributed by atoms with van der Waals surface area (Å²) in [6.07, 6.45) is 3.96. The van der Waals surface area contributed by atoms with E-state index in [0.29, 0.717) is 0 Å². The van der Waals surface area contributed by atoms with E-state index >= 15 is 0 Å². The zero-order chi connectivity index (χ0) is 13.8. The van der Waals surface area contributed by atoms with Gasteiger partial charge in [-0.15, -0.1) is 0 Å². The van der Waals surface area contributed by atoms with Crippen LogP contribution in [0.2, 0.25) is 0 Å². The maximum absolute atomic E-state index is 8.91. The molecule has 0 aromatic heterocycles. The second-order valence-corrected chi connectivity index (χ2v) is 5.90. The Kier molecular flexibility index (Phi) is 4.69. The van der Waals surface area contributed by atoms with Gasteiger partial charge >= 0.3 is 0 Å². The van der Waals surface area contributed by atoms with E-state index in [0.717, 1.165) is 34.7 Å². The lowest BCUT2D eigenvalue weighted by Crippen LogP contribution is -2.34. The highest BCUT2D eigenvalue weighted by atomic mass is 79.9. The van der Waals surface area contributed by atoms with Crippen molar-refractivity contribution in [2.75, 3.05) is 18.0 Å². The fourth-order valence-electron chi connectivity index (χ4n) is 2.42. The summed E-state index contributed by atoms with van der Waals surface area (Å²) in [6.45, 7) is 4.09. The van der Waals surface area contributed by atoms with Gasteiger partial charge in [-0.3, -0.25) is 0 Å². The number of hydrogen-bond donors (Lipinski definition) is 2. The molecular weight excluding hydrogens is 306 g/mol. The molecule has 1 aromatic rings. The van der Waals surface area contributed by atoms with Crippen molar-refractivity contribution in [3.05, 3.63) is 28.2 Å². The summed E-state index contributed by atoms with van der Waals surface area (Å²) in [7, 11) is 0. The maximum atomic E-state index is 8.91. The average Bonchev–Trinajstić information content (AvgIpc) is 2.37. The van der Waals surface area contributed by atoms with Gasteiger partial charge in [-0.25, -0.2) is 0 Å². The molecule has 0 atom stereocenters. The van der Waals surface area contributed by atoms with Gasteiger partial charge in [-0.1, -0.05) is 27.5 Å². The highest BCUT2D eigenvalue weighted by Gasteiger charge is 2.22. The van der Waals surface area contributed by atoms with Crippen molar-refractivity contribution in [2.24, 2.45) is 16.8 Å². The monoisotopic (exact) mass is 325 g/mol. The van der Waals surface area contributed by atoms with Crippen LogP contribution in [0.1, 0.15) is 31.7 Å². The van der Waals surface area contributed by atoms with E-state index in [4.69, 9.17) is 10.9 Å². The van der Waals surface area contributed by atoms with Crippen molar-refractivity contribution in [3.63, 3.8) is 0 Å². The molecule has 0 aliphatic heterocycles. The van der Waals surface area contributed by atoms with Gasteiger partial charge in [0, 0.05) is 28.8 Å². The molecule has 0 radical (unpaired) electrons. The molecule has 1 fully saturated rings. The zero-order valence-corrected chi connectivity index (χ0v) is 12.7. The van der Waals surface area contributed by atoms with Crippen LogP contribution in [-0.4, -0.2) is 24.1 Å². The van der Waals surface area contributed by atoms with Crippen molar-refractivity contribution in [3.8, 4) is 0 Å². The molecule has 0 saturated heterocycles. The first-order valence-corrected chi connectivity index (χ1v) is 7.47. The molecule has 0 amide bonds. The number of hydrogen-bond acceptors (Lipinski definition) is 3. The van der Waals surface area contributed by atoms with Gasteiger partial charge in [0.1, 0.15) is 0 Å². The third-order valence-electron chi connectivity index (χ3n) is 3.77. The SMILES string of the molecule is CCN(CC1CCC1)c1cc(Br)ccc1/C(N)=N/O. The second-order valence-electron chi connectivity index (χ2n) is 4.98. The molecule has 1 aliphatic carbocycles. The van der Waals surface area contributed by atoms with Crippen molar-refractivity contribution >= 4 is 27.5 Å². The summed E-state index contributed by atoms with van der Waals surface area (Å²) in [5.41, 5.74) is 7.58. The molecule has 1 aromatic carbocycles. The van der Waals surface area contributed by atoms with Crippen molar-refractivity contribution < 1.29 is 5.21 Å². The minimum Gasteiger partial charge on any atom is -0.409 e. The topological polar surface area (TPSA) is 61.8 Å². The molecule has 1 saturated carbocycles. The van der Waals surface area contributed by atoms with Gasteiger partial charge in [-0.2, -0.15) is 0 Å². The van der Waals surface area contributed by atoms with Crippen LogP contribution < -0.4 is 10.6 Å². The Morgan fingerprint density at radius 2 is 2.26 bits per heavy atom. The molecule has 104 valence electrons. The van der Waals surface area contributed by atoms with Crippen LogP contribution in [-0.2, 0) is 0 Å². The van der Waals surface area contributed by atoms with E-state index in [2.05, 4.69) is 32.9 Å². The van der Waals surface area contributed by atoms with Crippen molar-refractivity contribution in [1.29, 1.82) is 0 Å². The number of oxime groups is 1. The number of rotatable bonds is 5. The lowest BCUT2D eigenvalue weighted by molar-refractivity contribution is 0.317. The zero-order valence-electron chi connectivity index (χ0n) is 11.1. The number of benzene rings is 1. The Hall–Kier alpha value is -1.23. The maximum Gasteiger partial charge on any atom is 0.172 e. The van der Waals surface area contributed by atoms with E-state index in [-0.39, 0.29) is 5.84 Å². The molecule has 2 rings (SSSR count). The normalized spacial score (nSPS) is 16.2. The second kappa shape index (κ2) is 6.28. The highest BCUT2D eigenvalue weighted by Crippen LogP contribution is 2.31. The van der Waals surface area contributed by atoms with Gasteiger partial charge in [-0.05, 0) is 43.9 Å². The Balaban J connectivity index is 2.30. The average molecular weight is 326 g/mol. The largest absolute Gasteiger partial charge is 0.409 e. The summed E-state index contributed by atoms with van der Waals surface area (Å²) >= 11 is 3.49. The van der Waals surface area contributed by atoms with Gasteiger partial charge < -0.3 is 15.8 Å². The Morgan fingerprint density at radius 3 is 2.79 bits per heavy atom. The lowest BCUT2D eigenvalue weighted by atomic mass is 9.85. The third-order valence-corrected chi connectivity index (χ3v) is 4.26. The molecule has 1 aliphatic rings. The Morgan fingerprint density at radius 1 is 1.53 bits per heavy atom. The van der Waals surface area contributed by atoms with Gasteiger partial charge in [0.25, 0.3) is 0 Å². The molecule has 0 spiro atoms. The fraction of sp³-hybridized carbons (Fsp3) is 0.500. The van der Waals surface area contributed by atoms with E-state index < -0.39 is 0 Å². The number of halogens is 1. The molecule has 4 nitrogen and oxygen atoms in total. The van der Waals surface area contributed by atoms with Crippen LogP contribution in [0.4, 0.5) is 5.69 Å². The molecule has 0 unspecified atom stereocenters. The summed E-state index contributed by atoms with van der Waals surface area (Å²) in [4.78, 5) is 2.31. The molecular formula is C14H20BrN3O. The first-order chi connectivity index (χ1) is 9.15. The van der Waals surface area contributed by atoms with Gasteiger partial charge in [0.2, 0.25) is 0 Å². The van der Waals surface area contributed by atoms with E-state index in [9.17, 15) is 0 Å². The van der Waals surface area contributed by atoms with Crippen LogP contribution in [0, 0.1) is 5.92 Å². The molecule has 0 heterocycles. The number of amidine groups is 1. The van der Waals surface area contributed by atoms with Crippen LogP contribution >= 0.6 is 15.9 Å². The highest BCUT2D eigenvalue weighted by molar-refractivity contribution is 9.10. The first kappa shape index (κ1) is 14.2. The minimum atomic E-state index is 0.162. The van der Waals surface area contributed by atoms with E-state index in [1.165, 1.54) is 19.3 Å². The molecule has 3 N–H and O–H groups in total. The molecule has 19 heavy (non-hydrogen) atoms. The summed E-state index contributed by atoms with van der Waals surface area (Å²) in [5, 5.41) is 12.0. The van der Waals surface area contributed by atoms with Crippen molar-refractivity contribution in [1.82, 2.24) is 0 Å². The number of anilines is 1. The van der Waals surface area contributed by atoms with Crippen LogP contribution in [0.5, 0.6) is 0 Å².